The predicted molar refractivity (Wildman–Crippen MR) is 107 cm³/mol. The Morgan fingerprint density at radius 2 is 1.75 bits per heavy atom. The highest BCUT2D eigenvalue weighted by Gasteiger charge is 2.07. The van der Waals surface area contributed by atoms with E-state index in [0.29, 0.717) is 43.2 Å². The summed E-state index contributed by atoms with van der Waals surface area (Å²) in [5, 5.41) is 2.81. The lowest BCUT2D eigenvalue weighted by atomic mass is 10.1. The number of ether oxygens (including phenoxy) is 3. The lowest BCUT2D eigenvalue weighted by Crippen LogP contribution is -2.23. The van der Waals surface area contributed by atoms with Gasteiger partial charge < -0.3 is 19.5 Å². The third-order valence-corrected chi connectivity index (χ3v) is 3.92. The van der Waals surface area contributed by atoms with Gasteiger partial charge >= 0.3 is 0 Å². The maximum absolute atomic E-state index is 13.7. The van der Waals surface area contributed by atoms with Gasteiger partial charge in [0.05, 0.1) is 20.3 Å². The zero-order valence-electron chi connectivity index (χ0n) is 16.5. The lowest BCUT2D eigenvalue weighted by Gasteiger charge is -2.12. The number of carbonyl (C=O) groups is 1. The summed E-state index contributed by atoms with van der Waals surface area (Å²) in [5.74, 6) is 0.877. The Kier molecular flexibility index (Phi) is 8.34. The maximum Gasteiger partial charge on any atom is 0.244 e. The first kappa shape index (κ1) is 21.3. The molecule has 6 heteroatoms. The smallest absolute Gasteiger partial charge is 0.244 e. The molecule has 0 atom stereocenters. The molecule has 1 amide bonds. The lowest BCUT2D eigenvalue weighted by molar-refractivity contribution is -0.116. The van der Waals surface area contributed by atoms with E-state index in [1.54, 1.807) is 12.1 Å². The van der Waals surface area contributed by atoms with Gasteiger partial charge in [-0.05, 0) is 61.7 Å². The van der Waals surface area contributed by atoms with Crippen molar-refractivity contribution in [2.75, 3.05) is 26.9 Å². The summed E-state index contributed by atoms with van der Waals surface area (Å²) in [6.45, 7) is 5.44. The average Bonchev–Trinajstić information content (AvgIpc) is 2.69. The molecule has 0 aliphatic carbocycles. The van der Waals surface area contributed by atoms with Crippen molar-refractivity contribution in [1.29, 1.82) is 0 Å². The highest BCUT2D eigenvalue weighted by molar-refractivity contribution is 5.91. The number of hydrogen-bond donors (Lipinski definition) is 1. The Morgan fingerprint density at radius 3 is 2.43 bits per heavy atom. The van der Waals surface area contributed by atoms with E-state index in [0.717, 1.165) is 5.56 Å². The minimum Gasteiger partial charge on any atom is -0.494 e. The van der Waals surface area contributed by atoms with Crippen LogP contribution in [0.4, 0.5) is 4.39 Å². The average molecular weight is 387 g/mol. The SMILES string of the molecule is CCOc1ccc(CCNC(=O)/C=C/c2ccc(OC)c(F)c2)cc1OCC. The monoisotopic (exact) mass is 387 g/mol. The number of nitrogens with one attached hydrogen (secondary N) is 1. The van der Waals surface area contributed by atoms with Gasteiger partial charge in [0.1, 0.15) is 0 Å². The Hall–Kier alpha value is -3.02. The van der Waals surface area contributed by atoms with E-state index < -0.39 is 5.82 Å². The van der Waals surface area contributed by atoms with E-state index in [1.165, 1.54) is 25.3 Å². The molecule has 0 saturated heterocycles. The van der Waals surface area contributed by atoms with Gasteiger partial charge in [-0.1, -0.05) is 12.1 Å². The second-order valence-corrected chi connectivity index (χ2v) is 5.92. The first-order chi connectivity index (χ1) is 13.6. The second kappa shape index (κ2) is 11.0. The molecule has 0 radical (unpaired) electrons. The van der Waals surface area contributed by atoms with Crippen LogP contribution in [0.3, 0.4) is 0 Å². The summed E-state index contributed by atoms with van der Waals surface area (Å²) in [4.78, 5) is 12.0. The van der Waals surface area contributed by atoms with Crippen molar-refractivity contribution >= 4 is 12.0 Å². The van der Waals surface area contributed by atoms with Crippen molar-refractivity contribution in [1.82, 2.24) is 5.32 Å². The highest BCUT2D eigenvalue weighted by Crippen LogP contribution is 2.28. The van der Waals surface area contributed by atoms with Crippen LogP contribution in [0.2, 0.25) is 0 Å². The molecule has 0 saturated carbocycles. The third kappa shape index (κ3) is 6.30. The molecule has 0 aromatic heterocycles. The molecule has 2 aromatic rings. The minimum absolute atomic E-state index is 0.170. The standard InChI is InChI=1S/C22H26FNO4/c1-4-27-20-10-7-17(15-21(20)28-5-2)12-13-24-22(25)11-8-16-6-9-19(26-3)18(23)14-16/h6-11,14-15H,4-5,12-13H2,1-3H3,(H,24,25)/b11-8+. The molecule has 28 heavy (non-hydrogen) atoms. The maximum atomic E-state index is 13.7. The Morgan fingerprint density at radius 1 is 1.04 bits per heavy atom. The second-order valence-electron chi connectivity index (χ2n) is 5.92. The molecule has 0 spiro atoms. The molecule has 2 rings (SSSR count). The van der Waals surface area contributed by atoms with Crippen molar-refractivity contribution in [3.8, 4) is 17.2 Å². The van der Waals surface area contributed by atoms with Gasteiger partial charge in [0.2, 0.25) is 5.91 Å². The van der Waals surface area contributed by atoms with Crippen LogP contribution in [0, 0.1) is 5.82 Å². The van der Waals surface area contributed by atoms with Gasteiger partial charge in [0.15, 0.2) is 23.1 Å². The van der Waals surface area contributed by atoms with Gasteiger partial charge in [-0.15, -0.1) is 0 Å². The van der Waals surface area contributed by atoms with Crippen molar-refractivity contribution < 1.29 is 23.4 Å². The number of benzene rings is 2. The Bertz CT molecular complexity index is 820. The van der Waals surface area contributed by atoms with E-state index in [1.807, 2.05) is 32.0 Å². The number of carbonyl (C=O) groups excluding carboxylic acids is 1. The third-order valence-electron chi connectivity index (χ3n) is 3.92. The largest absolute Gasteiger partial charge is 0.494 e. The summed E-state index contributed by atoms with van der Waals surface area (Å²) in [6.07, 6.45) is 3.59. The van der Waals surface area contributed by atoms with Crippen LogP contribution >= 0.6 is 0 Å². The quantitative estimate of drug-likeness (QED) is 0.626. The summed E-state index contributed by atoms with van der Waals surface area (Å²) >= 11 is 0. The fraction of sp³-hybridized carbons (Fsp3) is 0.318. The topological polar surface area (TPSA) is 56.8 Å². The summed E-state index contributed by atoms with van der Waals surface area (Å²) in [5.41, 5.74) is 1.62. The van der Waals surface area contributed by atoms with E-state index in [4.69, 9.17) is 14.2 Å². The molecule has 150 valence electrons. The minimum atomic E-state index is -0.467. The van der Waals surface area contributed by atoms with Gasteiger partial charge in [-0.25, -0.2) is 4.39 Å². The molecule has 0 aliphatic heterocycles. The van der Waals surface area contributed by atoms with E-state index in [2.05, 4.69) is 5.32 Å². The molecule has 5 nitrogen and oxygen atoms in total. The van der Waals surface area contributed by atoms with Crippen LogP contribution in [-0.2, 0) is 11.2 Å². The van der Waals surface area contributed by atoms with E-state index >= 15 is 0 Å². The normalized spacial score (nSPS) is 10.7. The fourth-order valence-electron chi connectivity index (χ4n) is 2.60. The molecule has 0 heterocycles. The van der Waals surface area contributed by atoms with Gasteiger partial charge in [-0.2, -0.15) is 0 Å². The van der Waals surface area contributed by atoms with Crippen molar-refractivity contribution in [3.05, 3.63) is 59.4 Å². The van der Waals surface area contributed by atoms with E-state index in [-0.39, 0.29) is 11.7 Å². The Labute approximate surface area is 165 Å². The predicted octanol–water partition coefficient (Wildman–Crippen LogP) is 4.00. The number of amides is 1. The van der Waals surface area contributed by atoms with Crippen molar-refractivity contribution in [2.24, 2.45) is 0 Å². The van der Waals surface area contributed by atoms with Crippen molar-refractivity contribution in [3.63, 3.8) is 0 Å². The van der Waals surface area contributed by atoms with Crippen LogP contribution in [0.1, 0.15) is 25.0 Å². The molecular formula is C22H26FNO4. The molecule has 2 aromatic carbocycles. The summed E-state index contributed by atoms with van der Waals surface area (Å²) in [6, 6.07) is 10.3. The Balaban J connectivity index is 1.87. The number of halogens is 1. The number of hydrogen-bond acceptors (Lipinski definition) is 4. The van der Waals surface area contributed by atoms with Crippen LogP contribution < -0.4 is 19.5 Å². The van der Waals surface area contributed by atoms with Gasteiger partial charge in [-0.3, -0.25) is 4.79 Å². The molecule has 0 aliphatic rings. The van der Waals surface area contributed by atoms with E-state index in [9.17, 15) is 9.18 Å². The molecule has 1 N–H and O–H groups in total. The molecule has 0 fully saturated rings. The van der Waals surface area contributed by atoms with Gasteiger partial charge in [0, 0.05) is 12.6 Å². The first-order valence-electron chi connectivity index (χ1n) is 9.25. The zero-order valence-corrected chi connectivity index (χ0v) is 16.5. The molecule has 0 unspecified atom stereocenters. The number of methoxy groups -OCH3 is 1. The molecular weight excluding hydrogens is 361 g/mol. The van der Waals surface area contributed by atoms with Crippen LogP contribution in [0.15, 0.2) is 42.5 Å². The zero-order chi connectivity index (χ0) is 20.4. The molecule has 0 bridgehead atoms. The number of rotatable bonds is 10. The summed E-state index contributed by atoms with van der Waals surface area (Å²) in [7, 11) is 1.41. The fourth-order valence-corrected chi connectivity index (χ4v) is 2.60. The highest BCUT2D eigenvalue weighted by atomic mass is 19.1. The van der Waals surface area contributed by atoms with Crippen molar-refractivity contribution in [2.45, 2.75) is 20.3 Å². The van der Waals surface area contributed by atoms with Crippen LogP contribution in [-0.4, -0.2) is 32.8 Å². The van der Waals surface area contributed by atoms with Crippen LogP contribution in [0.5, 0.6) is 17.2 Å². The summed E-state index contributed by atoms with van der Waals surface area (Å²) < 4.78 is 29.7. The van der Waals surface area contributed by atoms with Crippen LogP contribution in [0.25, 0.3) is 6.08 Å². The first-order valence-corrected chi connectivity index (χ1v) is 9.25. The van der Waals surface area contributed by atoms with Gasteiger partial charge in [0.25, 0.3) is 0 Å².